The van der Waals surface area contributed by atoms with E-state index in [1.165, 1.54) is 0 Å². The molecule has 0 fully saturated rings. The van der Waals surface area contributed by atoms with Crippen molar-refractivity contribution in [2.75, 3.05) is 6.54 Å². The molecule has 144 valence electrons. The van der Waals surface area contributed by atoms with Gasteiger partial charge in [0.05, 0.1) is 19.0 Å². The quantitative estimate of drug-likeness (QED) is 0.313. The number of nitrogens with one attached hydrogen (secondary N) is 3. The van der Waals surface area contributed by atoms with E-state index in [0.29, 0.717) is 0 Å². The molecule has 10 heteroatoms. The van der Waals surface area contributed by atoms with Gasteiger partial charge in [-0.3, -0.25) is 14.4 Å². The zero-order valence-corrected chi connectivity index (χ0v) is 14.4. The fraction of sp³-hybridized carbons (Fsp3) is 0.294. The van der Waals surface area contributed by atoms with Crippen LogP contribution in [0.1, 0.15) is 12.0 Å². The van der Waals surface area contributed by atoms with E-state index < -0.39 is 48.7 Å². The molecule has 8 N–H and O–H groups in total. The second kappa shape index (κ2) is 8.81. The summed E-state index contributed by atoms with van der Waals surface area (Å²) in [6.45, 7) is -0.469. The van der Waals surface area contributed by atoms with Crippen molar-refractivity contribution in [2.45, 2.75) is 24.9 Å². The van der Waals surface area contributed by atoms with Crippen molar-refractivity contribution in [3.05, 3.63) is 36.0 Å². The molecule has 0 aliphatic rings. The van der Waals surface area contributed by atoms with E-state index in [2.05, 4.69) is 15.6 Å². The van der Waals surface area contributed by atoms with Crippen molar-refractivity contribution in [1.29, 1.82) is 0 Å². The number of H-pyrrole nitrogens is 1. The Bertz CT molecular complexity index is 862. The van der Waals surface area contributed by atoms with Gasteiger partial charge in [-0.25, -0.2) is 4.79 Å². The van der Waals surface area contributed by atoms with Gasteiger partial charge in [0.2, 0.25) is 17.7 Å². The van der Waals surface area contributed by atoms with E-state index in [4.69, 9.17) is 16.6 Å². The monoisotopic (exact) mass is 375 g/mol. The fourth-order valence-corrected chi connectivity index (χ4v) is 2.58. The molecule has 10 nitrogen and oxygen atoms in total. The molecule has 0 spiro atoms. The molecule has 1 aromatic carbocycles. The number of aliphatic carboxylic acids is 1. The summed E-state index contributed by atoms with van der Waals surface area (Å²) < 4.78 is 0. The van der Waals surface area contributed by atoms with Crippen LogP contribution < -0.4 is 22.1 Å². The van der Waals surface area contributed by atoms with Crippen molar-refractivity contribution in [2.24, 2.45) is 11.5 Å². The smallest absolute Gasteiger partial charge is 0.326 e. The zero-order chi connectivity index (χ0) is 20.0. The van der Waals surface area contributed by atoms with Crippen molar-refractivity contribution in [1.82, 2.24) is 15.6 Å². The van der Waals surface area contributed by atoms with Crippen molar-refractivity contribution in [3.63, 3.8) is 0 Å². The number of nitrogens with two attached hydrogens (primary N) is 2. The average Bonchev–Trinajstić information content (AvgIpc) is 3.01. The lowest BCUT2D eigenvalue weighted by atomic mass is 10.1. The lowest BCUT2D eigenvalue weighted by Crippen LogP contribution is -2.49. The summed E-state index contributed by atoms with van der Waals surface area (Å²) in [6.07, 6.45) is 1.48. The van der Waals surface area contributed by atoms with Gasteiger partial charge < -0.3 is 32.2 Å². The van der Waals surface area contributed by atoms with E-state index in [1.54, 1.807) is 6.20 Å². The minimum absolute atomic E-state index is 0.261. The first-order valence-corrected chi connectivity index (χ1v) is 8.16. The number of amides is 3. The number of aromatic amines is 1. The number of rotatable bonds is 9. The number of carbonyl (C=O) groups excluding carboxylic acids is 3. The Hall–Kier alpha value is -3.40. The number of aromatic nitrogens is 1. The summed E-state index contributed by atoms with van der Waals surface area (Å²) in [6, 6.07) is 5.23. The predicted octanol–water partition coefficient (Wildman–Crippen LogP) is -1.40. The molecule has 1 aromatic heterocycles. The molecule has 0 saturated carbocycles. The Balaban J connectivity index is 1.86. The second-order valence-corrected chi connectivity index (χ2v) is 6.02. The average molecular weight is 375 g/mol. The van der Waals surface area contributed by atoms with Crippen LogP contribution in [0.3, 0.4) is 0 Å². The molecule has 27 heavy (non-hydrogen) atoms. The molecule has 0 radical (unpaired) electrons. The second-order valence-electron chi connectivity index (χ2n) is 6.02. The summed E-state index contributed by atoms with van der Waals surface area (Å²) in [5.74, 6) is -3.59. The third-order valence-electron chi connectivity index (χ3n) is 3.91. The van der Waals surface area contributed by atoms with Crippen LogP contribution in [-0.4, -0.2) is 52.4 Å². The molecule has 3 amide bonds. The summed E-state index contributed by atoms with van der Waals surface area (Å²) >= 11 is 0. The summed E-state index contributed by atoms with van der Waals surface area (Å²) in [5, 5.41) is 14.3. The minimum atomic E-state index is -1.45. The molecule has 0 bridgehead atoms. The van der Waals surface area contributed by atoms with Crippen LogP contribution in [0.5, 0.6) is 0 Å². The number of hydrogen-bond acceptors (Lipinski definition) is 5. The minimum Gasteiger partial charge on any atom is -0.480 e. The molecule has 2 rings (SSSR count). The van der Waals surface area contributed by atoms with Crippen molar-refractivity contribution >= 4 is 34.6 Å². The van der Waals surface area contributed by atoms with E-state index >= 15 is 0 Å². The van der Waals surface area contributed by atoms with Crippen LogP contribution in [0, 0.1) is 0 Å². The summed E-state index contributed by atoms with van der Waals surface area (Å²) in [7, 11) is 0. The lowest BCUT2D eigenvalue weighted by Gasteiger charge is -2.15. The molecule has 1 heterocycles. The highest BCUT2D eigenvalue weighted by atomic mass is 16.4. The Labute approximate surface area is 154 Å². The number of benzene rings is 1. The standard InChI is InChI=1S/C17H21N5O5/c18-11(5-9-7-20-12-4-2-1-3-10(9)12)16(25)21-8-15(24)22-13(17(26)27)6-14(19)23/h1-4,7,11,13,20H,5-6,8,18H2,(H2,19,23)(H,21,25)(H,22,24)(H,26,27). The molecule has 0 saturated heterocycles. The molecule has 2 aromatic rings. The van der Waals surface area contributed by atoms with Crippen LogP contribution in [0.15, 0.2) is 30.5 Å². The first-order chi connectivity index (χ1) is 12.8. The molecular formula is C17H21N5O5. The van der Waals surface area contributed by atoms with E-state index in [0.717, 1.165) is 16.5 Å². The van der Waals surface area contributed by atoms with Gasteiger partial charge in [0, 0.05) is 17.1 Å². The summed E-state index contributed by atoms with van der Waals surface area (Å²) in [4.78, 5) is 48.7. The molecule has 0 aliphatic carbocycles. The maximum atomic E-state index is 12.1. The number of carbonyl (C=O) groups is 4. The third-order valence-corrected chi connectivity index (χ3v) is 3.91. The van der Waals surface area contributed by atoms with E-state index in [9.17, 15) is 19.2 Å². The van der Waals surface area contributed by atoms with Gasteiger partial charge in [-0.05, 0) is 18.1 Å². The SMILES string of the molecule is NC(=O)CC(NC(=O)CNC(=O)C(N)Cc1c[nH]c2ccccc12)C(=O)O. The Kier molecular flexibility index (Phi) is 6.50. The molecule has 2 unspecified atom stereocenters. The van der Waals surface area contributed by atoms with Gasteiger partial charge in [0.1, 0.15) is 6.04 Å². The largest absolute Gasteiger partial charge is 0.480 e. The molecule has 0 aliphatic heterocycles. The van der Waals surface area contributed by atoms with E-state index in [1.807, 2.05) is 24.3 Å². The highest BCUT2D eigenvalue weighted by molar-refractivity contribution is 5.91. The first kappa shape index (κ1) is 19.9. The number of primary amides is 1. The number of carboxylic acids is 1. The maximum Gasteiger partial charge on any atom is 0.326 e. The van der Waals surface area contributed by atoms with Crippen LogP contribution in [0.25, 0.3) is 10.9 Å². The van der Waals surface area contributed by atoms with Crippen molar-refractivity contribution < 1.29 is 24.3 Å². The van der Waals surface area contributed by atoms with Gasteiger partial charge in [-0.1, -0.05) is 18.2 Å². The summed E-state index contributed by atoms with van der Waals surface area (Å²) in [5.41, 5.74) is 12.6. The van der Waals surface area contributed by atoms with Crippen LogP contribution in [-0.2, 0) is 25.6 Å². The van der Waals surface area contributed by atoms with Crippen LogP contribution >= 0.6 is 0 Å². The Morgan fingerprint density at radius 2 is 1.89 bits per heavy atom. The molecular weight excluding hydrogens is 354 g/mol. The molecule has 2 atom stereocenters. The maximum absolute atomic E-state index is 12.1. The predicted molar refractivity (Wildman–Crippen MR) is 96.4 cm³/mol. The van der Waals surface area contributed by atoms with Gasteiger partial charge in [-0.2, -0.15) is 0 Å². The lowest BCUT2D eigenvalue weighted by molar-refractivity contribution is -0.143. The number of fused-ring (bicyclic) bond motifs is 1. The Morgan fingerprint density at radius 3 is 2.56 bits per heavy atom. The van der Waals surface area contributed by atoms with Crippen molar-refractivity contribution in [3.8, 4) is 0 Å². The van der Waals surface area contributed by atoms with Gasteiger partial charge in [-0.15, -0.1) is 0 Å². The van der Waals surface area contributed by atoms with Crippen LogP contribution in [0.4, 0.5) is 0 Å². The van der Waals surface area contributed by atoms with Gasteiger partial charge >= 0.3 is 5.97 Å². The topological polar surface area (TPSA) is 180 Å². The van der Waals surface area contributed by atoms with Crippen LogP contribution in [0.2, 0.25) is 0 Å². The highest BCUT2D eigenvalue weighted by Gasteiger charge is 2.23. The Morgan fingerprint density at radius 1 is 1.19 bits per heavy atom. The first-order valence-electron chi connectivity index (χ1n) is 8.16. The highest BCUT2D eigenvalue weighted by Crippen LogP contribution is 2.18. The third kappa shape index (κ3) is 5.54. The zero-order valence-electron chi connectivity index (χ0n) is 14.4. The van der Waals surface area contributed by atoms with E-state index in [-0.39, 0.29) is 6.42 Å². The number of hydrogen-bond donors (Lipinski definition) is 6. The number of para-hydroxylation sites is 1. The van der Waals surface area contributed by atoms with Gasteiger partial charge in [0.15, 0.2) is 0 Å². The fourth-order valence-electron chi connectivity index (χ4n) is 2.58. The number of carboxylic acid groups (broad SMARTS) is 1. The normalized spacial score (nSPS) is 12.9. The van der Waals surface area contributed by atoms with Gasteiger partial charge in [0.25, 0.3) is 0 Å².